The number of carbonyl (C=O) groups excluding carboxylic acids is 1. The third-order valence-electron chi connectivity index (χ3n) is 1.75. The molecule has 0 radical (unpaired) electrons. The Bertz CT molecular complexity index is 262. The predicted octanol–water partition coefficient (Wildman–Crippen LogP) is 0.850. The molecule has 0 aliphatic heterocycles. The maximum Gasteiger partial charge on any atom is 0.251 e. The summed E-state index contributed by atoms with van der Waals surface area (Å²) in [5, 5.41) is 2.86. The molecule has 0 atom stereocenters. The van der Waals surface area contributed by atoms with Crippen LogP contribution in [0.3, 0.4) is 0 Å². The van der Waals surface area contributed by atoms with Gasteiger partial charge in [-0.1, -0.05) is 12.7 Å². The number of hydrogen-bond donors (Lipinski definition) is 2. The van der Waals surface area contributed by atoms with Crippen molar-refractivity contribution in [2.24, 2.45) is 5.73 Å². The van der Waals surface area contributed by atoms with Gasteiger partial charge in [-0.15, -0.1) is 0 Å². The number of rotatable bonds is 4. The van der Waals surface area contributed by atoms with Crippen LogP contribution in [0.5, 0.6) is 0 Å². The van der Waals surface area contributed by atoms with Crippen molar-refractivity contribution in [3.05, 3.63) is 36.6 Å². The first kappa shape index (κ1) is 9.58. The van der Waals surface area contributed by atoms with E-state index in [2.05, 4.69) is 11.9 Å². The summed E-state index contributed by atoms with van der Waals surface area (Å²) in [6, 6.07) is 0.367. The molecule has 70 valence electrons. The minimum absolute atomic E-state index is 0.0795. The lowest BCUT2D eigenvalue weighted by Crippen LogP contribution is -2.26. The summed E-state index contributed by atoms with van der Waals surface area (Å²) < 4.78 is 0. The summed E-state index contributed by atoms with van der Waals surface area (Å²) in [5.74, 6) is -0.0795. The minimum Gasteiger partial charge on any atom is -0.405 e. The van der Waals surface area contributed by atoms with Crippen LogP contribution in [0.4, 0.5) is 0 Å². The van der Waals surface area contributed by atoms with Gasteiger partial charge in [-0.25, -0.2) is 0 Å². The molecule has 13 heavy (non-hydrogen) atoms. The zero-order chi connectivity index (χ0) is 9.68. The van der Waals surface area contributed by atoms with Gasteiger partial charge in [0, 0.05) is 11.6 Å². The van der Waals surface area contributed by atoms with E-state index in [1.807, 2.05) is 0 Å². The fourth-order valence-electron chi connectivity index (χ4n) is 0.934. The van der Waals surface area contributed by atoms with Crippen LogP contribution in [0.15, 0.2) is 36.6 Å². The third-order valence-corrected chi connectivity index (χ3v) is 1.75. The van der Waals surface area contributed by atoms with E-state index in [9.17, 15) is 4.79 Å². The van der Waals surface area contributed by atoms with Crippen molar-refractivity contribution in [2.75, 3.05) is 0 Å². The standard InChI is InChI=1S/C10H14N2O/c1-2-3-8(6-7-11)10(13)12-9-4-5-9/h2-3,6-7,9H,1,4-5,11H2,(H,12,13)/b7-6+,8-3+. The Labute approximate surface area is 78.0 Å². The molecule has 0 heterocycles. The summed E-state index contributed by atoms with van der Waals surface area (Å²) in [6.07, 6.45) is 8.29. The largest absolute Gasteiger partial charge is 0.405 e. The second-order valence-electron chi connectivity index (χ2n) is 2.96. The van der Waals surface area contributed by atoms with Crippen molar-refractivity contribution in [3.63, 3.8) is 0 Å². The van der Waals surface area contributed by atoms with Crippen molar-refractivity contribution in [1.82, 2.24) is 5.32 Å². The lowest BCUT2D eigenvalue weighted by molar-refractivity contribution is -0.117. The highest BCUT2D eigenvalue weighted by Crippen LogP contribution is 2.19. The van der Waals surface area contributed by atoms with Gasteiger partial charge in [-0.3, -0.25) is 4.79 Å². The molecule has 1 aliphatic rings. The van der Waals surface area contributed by atoms with Crippen LogP contribution >= 0.6 is 0 Å². The molecule has 3 N–H and O–H groups in total. The van der Waals surface area contributed by atoms with E-state index in [1.165, 1.54) is 6.20 Å². The first-order valence-electron chi connectivity index (χ1n) is 4.29. The van der Waals surface area contributed by atoms with E-state index in [0.29, 0.717) is 11.6 Å². The number of hydrogen-bond acceptors (Lipinski definition) is 2. The Balaban J connectivity index is 2.56. The average Bonchev–Trinajstić information content (AvgIpc) is 2.88. The van der Waals surface area contributed by atoms with Gasteiger partial charge in [-0.05, 0) is 31.2 Å². The predicted molar refractivity (Wildman–Crippen MR) is 52.8 cm³/mol. The summed E-state index contributed by atoms with van der Waals surface area (Å²) in [7, 11) is 0. The molecule has 0 saturated heterocycles. The topological polar surface area (TPSA) is 55.1 Å². The molecule has 1 saturated carbocycles. The minimum atomic E-state index is -0.0795. The lowest BCUT2D eigenvalue weighted by Gasteiger charge is -2.02. The third kappa shape index (κ3) is 3.15. The van der Waals surface area contributed by atoms with Gasteiger partial charge in [0.05, 0.1) is 0 Å². The van der Waals surface area contributed by atoms with Crippen LogP contribution in [-0.2, 0) is 4.79 Å². The molecule has 0 spiro atoms. The lowest BCUT2D eigenvalue weighted by atomic mass is 10.2. The monoisotopic (exact) mass is 178 g/mol. The van der Waals surface area contributed by atoms with Crippen molar-refractivity contribution in [3.8, 4) is 0 Å². The van der Waals surface area contributed by atoms with Crippen molar-refractivity contribution >= 4 is 5.91 Å². The molecule has 0 bridgehead atoms. The second kappa shape index (κ2) is 4.50. The van der Waals surface area contributed by atoms with E-state index >= 15 is 0 Å². The highest BCUT2D eigenvalue weighted by molar-refractivity contribution is 5.96. The summed E-state index contributed by atoms with van der Waals surface area (Å²) in [6.45, 7) is 3.53. The maximum absolute atomic E-state index is 11.4. The zero-order valence-corrected chi connectivity index (χ0v) is 7.49. The Kier molecular flexibility index (Phi) is 3.31. The van der Waals surface area contributed by atoms with Gasteiger partial charge in [0.25, 0.3) is 5.91 Å². The van der Waals surface area contributed by atoms with Crippen LogP contribution in [-0.4, -0.2) is 11.9 Å². The van der Waals surface area contributed by atoms with Gasteiger partial charge in [0.2, 0.25) is 0 Å². The molecule has 1 amide bonds. The van der Waals surface area contributed by atoms with Crippen LogP contribution in [0.2, 0.25) is 0 Å². The first-order chi connectivity index (χ1) is 6.27. The molecule has 1 rings (SSSR count). The van der Waals surface area contributed by atoms with Crippen molar-refractivity contribution < 1.29 is 4.79 Å². The Hall–Kier alpha value is -1.51. The van der Waals surface area contributed by atoms with Crippen LogP contribution in [0, 0.1) is 0 Å². The second-order valence-corrected chi connectivity index (χ2v) is 2.96. The first-order valence-corrected chi connectivity index (χ1v) is 4.29. The molecule has 1 aliphatic carbocycles. The van der Waals surface area contributed by atoms with Crippen molar-refractivity contribution in [2.45, 2.75) is 18.9 Å². The molecule has 3 nitrogen and oxygen atoms in total. The number of nitrogens with two attached hydrogens (primary N) is 1. The quantitative estimate of drug-likeness (QED) is 0.495. The van der Waals surface area contributed by atoms with Gasteiger partial charge in [-0.2, -0.15) is 0 Å². The highest BCUT2D eigenvalue weighted by Gasteiger charge is 2.23. The van der Waals surface area contributed by atoms with E-state index < -0.39 is 0 Å². The zero-order valence-electron chi connectivity index (χ0n) is 7.49. The van der Waals surface area contributed by atoms with E-state index in [1.54, 1.807) is 18.2 Å². The fourth-order valence-corrected chi connectivity index (χ4v) is 0.934. The summed E-state index contributed by atoms with van der Waals surface area (Å²) in [4.78, 5) is 11.4. The van der Waals surface area contributed by atoms with Gasteiger partial charge < -0.3 is 11.1 Å². The Morgan fingerprint density at radius 3 is 2.69 bits per heavy atom. The van der Waals surface area contributed by atoms with E-state index in [0.717, 1.165) is 12.8 Å². The molecular weight excluding hydrogens is 164 g/mol. The smallest absolute Gasteiger partial charge is 0.251 e. The van der Waals surface area contributed by atoms with Crippen molar-refractivity contribution in [1.29, 1.82) is 0 Å². The summed E-state index contributed by atoms with van der Waals surface area (Å²) in [5.41, 5.74) is 5.75. The number of nitrogens with one attached hydrogen (secondary N) is 1. The molecule has 0 aromatic carbocycles. The molecule has 0 aromatic heterocycles. The van der Waals surface area contributed by atoms with Crippen LogP contribution < -0.4 is 11.1 Å². The van der Waals surface area contributed by atoms with E-state index in [4.69, 9.17) is 5.73 Å². The Morgan fingerprint density at radius 2 is 2.23 bits per heavy atom. The molecular formula is C10H14N2O. The molecule has 1 fully saturated rings. The number of allylic oxidation sites excluding steroid dienone is 2. The maximum atomic E-state index is 11.4. The Morgan fingerprint density at radius 1 is 1.54 bits per heavy atom. The van der Waals surface area contributed by atoms with Crippen LogP contribution in [0.1, 0.15) is 12.8 Å². The van der Waals surface area contributed by atoms with Gasteiger partial charge >= 0.3 is 0 Å². The SMILES string of the molecule is C=C/C=C(\C=C\N)C(=O)NC1CC1. The summed E-state index contributed by atoms with van der Waals surface area (Å²) >= 11 is 0. The molecule has 3 heteroatoms. The van der Waals surface area contributed by atoms with E-state index in [-0.39, 0.29) is 5.91 Å². The number of amides is 1. The normalized spacial score (nSPS) is 17.4. The molecule has 0 unspecified atom stereocenters. The van der Waals surface area contributed by atoms with Gasteiger partial charge in [0.1, 0.15) is 0 Å². The van der Waals surface area contributed by atoms with Gasteiger partial charge in [0.15, 0.2) is 0 Å². The average molecular weight is 178 g/mol. The highest BCUT2D eigenvalue weighted by atomic mass is 16.1. The van der Waals surface area contributed by atoms with Crippen LogP contribution in [0.25, 0.3) is 0 Å². The number of carbonyl (C=O) groups is 1. The fraction of sp³-hybridized carbons (Fsp3) is 0.300. The molecule has 0 aromatic rings.